The monoisotopic (exact) mass is 309 g/mol. The van der Waals surface area contributed by atoms with Gasteiger partial charge in [0.05, 0.1) is 7.11 Å². The van der Waals surface area contributed by atoms with Crippen molar-refractivity contribution in [3.05, 3.63) is 34.3 Å². The Morgan fingerprint density at radius 2 is 2.00 bits per heavy atom. The SMILES string of the molecule is COC(=O)CN(C(=O)c1cccc(Cl)c1C)C1CCCC1. The van der Waals surface area contributed by atoms with Gasteiger partial charge in [0.25, 0.3) is 5.91 Å². The van der Waals surface area contributed by atoms with E-state index in [1.54, 1.807) is 23.1 Å². The lowest BCUT2D eigenvalue weighted by Crippen LogP contribution is -2.42. The number of esters is 1. The van der Waals surface area contributed by atoms with Crippen LogP contribution >= 0.6 is 11.6 Å². The first kappa shape index (κ1) is 15.8. The van der Waals surface area contributed by atoms with Gasteiger partial charge in [-0.15, -0.1) is 0 Å². The van der Waals surface area contributed by atoms with Gasteiger partial charge in [-0.05, 0) is 37.5 Å². The maximum Gasteiger partial charge on any atom is 0.325 e. The molecule has 1 amide bonds. The van der Waals surface area contributed by atoms with Gasteiger partial charge >= 0.3 is 5.97 Å². The Bertz CT molecular complexity index is 538. The summed E-state index contributed by atoms with van der Waals surface area (Å²) in [5.74, 6) is -0.540. The predicted molar refractivity (Wildman–Crippen MR) is 81.5 cm³/mol. The van der Waals surface area contributed by atoms with Gasteiger partial charge in [-0.1, -0.05) is 30.5 Å². The summed E-state index contributed by atoms with van der Waals surface area (Å²) in [5, 5.41) is 0.560. The molecule has 4 nitrogen and oxygen atoms in total. The number of halogens is 1. The third-order valence-electron chi connectivity index (χ3n) is 4.05. The van der Waals surface area contributed by atoms with Crippen molar-refractivity contribution in [1.29, 1.82) is 0 Å². The smallest absolute Gasteiger partial charge is 0.325 e. The van der Waals surface area contributed by atoms with E-state index in [0.717, 1.165) is 31.2 Å². The van der Waals surface area contributed by atoms with Crippen molar-refractivity contribution in [2.24, 2.45) is 0 Å². The van der Waals surface area contributed by atoms with E-state index in [1.807, 2.05) is 6.92 Å². The summed E-state index contributed by atoms with van der Waals surface area (Å²) in [7, 11) is 1.34. The zero-order valence-corrected chi connectivity index (χ0v) is 13.2. The van der Waals surface area contributed by atoms with Crippen molar-refractivity contribution >= 4 is 23.5 Å². The van der Waals surface area contributed by atoms with Gasteiger partial charge in [-0.3, -0.25) is 9.59 Å². The number of carbonyl (C=O) groups excluding carboxylic acids is 2. The highest BCUT2D eigenvalue weighted by atomic mass is 35.5. The summed E-state index contributed by atoms with van der Waals surface area (Å²) in [5.41, 5.74) is 1.30. The number of amides is 1. The van der Waals surface area contributed by atoms with Gasteiger partial charge in [0.1, 0.15) is 6.54 Å². The number of nitrogens with zero attached hydrogens (tertiary/aromatic N) is 1. The van der Waals surface area contributed by atoms with Crippen LogP contribution < -0.4 is 0 Å². The fraction of sp³-hybridized carbons (Fsp3) is 0.500. The van der Waals surface area contributed by atoms with Gasteiger partial charge in [-0.2, -0.15) is 0 Å². The number of carbonyl (C=O) groups is 2. The molecule has 1 fully saturated rings. The first-order chi connectivity index (χ1) is 10.0. The van der Waals surface area contributed by atoms with E-state index in [1.165, 1.54) is 7.11 Å². The Morgan fingerprint density at radius 1 is 1.33 bits per heavy atom. The first-order valence-electron chi connectivity index (χ1n) is 7.17. The second-order valence-corrected chi connectivity index (χ2v) is 5.77. The number of hydrogen-bond acceptors (Lipinski definition) is 3. The van der Waals surface area contributed by atoms with Crippen LogP contribution in [0.15, 0.2) is 18.2 Å². The summed E-state index contributed by atoms with van der Waals surface area (Å²) in [6.45, 7) is 1.81. The Hall–Kier alpha value is -1.55. The standard InChI is InChI=1S/C16H20ClNO3/c1-11-13(8-5-9-14(11)17)16(20)18(10-15(19)21-2)12-6-3-4-7-12/h5,8-9,12H,3-4,6-7,10H2,1-2H3. The van der Waals surface area contributed by atoms with Crippen molar-refractivity contribution in [2.75, 3.05) is 13.7 Å². The molecular weight excluding hydrogens is 290 g/mol. The van der Waals surface area contributed by atoms with Crippen molar-refractivity contribution in [3.63, 3.8) is 0 Å². The van der Waals surface area contributed by atoms with Crippen molar-refractivity contribution in [3.8, 4) is 0 Å². The molecule has 0 heterocycles. The van der Waals surface area contributed by atoms with Gasteiger partial charge in [0.15, 0.2) is 0 Å². The molecule has 1 aliphatic rings. The molecule has 0 unspecified atom stereocenters. The van der Waals surface area contributed by atoms with Crippen LogP contribution in [0.25, 0.3) is 0 Å². The molecule has 114 valence electrons. The fourth-order valence-electron chi connectivity index (χ4n) is 2.78. The lowest BCUT2D eigenvalue weighted by atomic mass is 10.1. The van der Waals surface area contributed by atoms with Crippen LogP contribution in [0.2, 0.25) is 5.02 Å². The van der Waals surface area contributed by atoms with Crippen LogP contribution in [0.5, 0.6) is 0 Å². The zero-order chi connectivity index (χ0) is 15.4. The van der Waals surface area contributed by atoms with Gasteiger partial charge in [0.2, 0.25) is 0 Å². The van der Waals surface area contributed by atoms with Crippen LogP contribution in [0.4, 0.5) is 0 Å². The number of methoxy groups -OCH3 is 1. The van der Waals surface area contributed by atoms with E-state index in [9.17, 15) is 9.59 Å². The summed E-state index contributed by atoms with van der Waals surface area (Å²) in [6, 6.07) is 5.37. The molecule has 0 aliphatic heterocycles. The molecule has 21 heavy (non-hydrogen) atoms. The van der Waals surface area contributed by atoms with E-state index < -0.39 is 5.97 Å². The minimum atomic E-state index is -0.394. The van der Waals surface area contributed by atoms with E-state index in [2.05, 4.69) is 0 Å². The highest BCUT2D eigenvalue weighted by molar-refractivity contribution is 6.31. The van der Waals surface area contributed by atoms with Crippen LogP contribution in [-0.4, -0.2) is 36.5 Å². The van der Waals surface area contributed by atoms with Gasteiger partial charge in [-0.25, -0.2) is 0 Å². The quantitative estimate of drug-likeness (QED) is 0.802. The highest BCUT2D eigenvalue weighted by Crippen LogP contribution is 2.27. The summed E-state index contributed by atoms with van der Waals surface area (Å²) in [4.78, 5) is 26.1. The Balaban J connectivity index is 2.28. The molecule has 1 saturated carbocycles. The topological polar surface area (TPSA) is 46.6 Å². The van der Waals surface area contributed by atoms with Crippen LogP contribution in [0, 0.1) is 6.92 Å². The maximum atomic E-state index is 12.8. The second-order valence-electron chi connectivity index (χ2n) is 5.36. The van der Waals surface area contributed by atoms with Crippen molar-refractivity contribution < 1.29 is 14.3 Å². The zero-order valence-electron chi connectivity index (χ0n) is 12.4. The van der Waals surface area contributed by atoms with Crippen LogP contribution in [-0.2, 0) is 9.53 Å². The number of rotatable bonds is 4. The molecule has 0 spiro atoms. The van der Waals surface area contributed by atoms with E-state index in [4.69, 9.17) is 16.3 Å². The third-order valence-corrected chi connectivity index (χ3v) is 4.46. The predicted octanol–water partition coefficient (Wildman–Crippen LogP) is 3.21. The summed E-state index contributed by atoms with van der Waals surface area (Å²) < 4.78 is 4.72. The minimum absolute atomic E-state index is 0.00798. The van der Waals surface area contributed by atoms with E-state index in [-0.39, 0.29) is 18.5 Å². The lowest BCUT2D eigenvalue weighted by Gasteiger charge is -2.28. The number of hydrogen-bond donors (Lipinski definition) is 0. The molecular formula is C16H20ClNO3. The van der Waals surface area contributed by atoms with Crippen LogP contribution in [0.1, 0.15) is 41.6 Å². The highest BCUT2D eigenvalue weighted by Gasteiger charge is 2.30. The molecule has 2 rings (SSSR count). The van der Waals surface area contributed by atoms with E-state index >= 15 is 0 Å². The van der Waals surface area contributed by atoms with Crippen LogP contribution in [0.3, 0.4) is 0 Å². The average Bonchev–Trinajstić information content (AvgIpc) is 3.00. The number of ether oxygens (including phenoxy) is 1. The van der Waals surface area contributed by atoms with E-state index in [0.29, 0.717) is 10.6 Å². The molecule has 0 N–H and O–H groups in total. The number of benzene rings is 1. The Kier molecular flexibility index (Phi) is 5.23. The van der Waals surface area contributed by atoms with Crippen molar-refractivity contribution in [1.82, 2.24) is 4.90 Å². The normalized spacial score (nSPS) is 15.0. The fourth-order valence-corrected chi connectivity index (χ4v) is 2.95. The average molecular weight is 310 g/mol. The Labute approximate surface area is 130 Å². The molecule has 0 aromatic heterocycles. The van der Waals surface area contributed by atoms with Gasteiger partial charge in [0, 0.05) is 16.6 Å². The maximum absolute atomic E-state index is 12.8. The largest absolute Gasteiger partial charge is 0.468 e. The molecule has 0 radical (unpaired) electrons. The lowest BCUT2D eigenvalue weighted by molar-refractivity contribution is -0.141. The molecule has 1 aromatic rings. The molecule has 0 saturated heterocycles. The molecule has 0 atom stereocenters. The third kappa shape index (κ3) is 3.56. The molecule has 1 aromatic carbocycles. The molecule has 0 bridgehead atoms. The Morgan fingerprint density at radius 3 is 2.62 bits per heavy atom. The summed E-state index contributed by atoms with van der Waals surface area (Å²) >= 11 is 6.09. The minimum Gasteiger partial charge on any atom is -0.468 e. The van der Waals surface area contributed by atoms with Crippen molar-refractivity contribution in [2.45, 2.75) is 38.6 Å². The molecule has 5 heteroatoms. The molecule has 1 aliphatic carbocycles. The first-order valence-corrected chi connectivity index (χ1v) is 7.55. The van der Waals surface area contributed by atoms with Gasteiger partial charge < -0.3 is 9.64 Å². The summed E-state index contributed by atoms with van der Waals surface area (Å²) in [6.07, 6.45) is 4.04. The second kappa shape index (κ2) is 6.94.